The number of phenolic OH excluding ortho intramolecular Hbond substituents is 1. The van der Waals surface area contributed by atoms with Crippen LogP contribution in [0, 0.1) is 19.8 Å². The van der Waals surface area contributed by atoms with Crippen molar-refractivity contribution in [1.82, 2.24) is 14.5 Å². The molecule has 1 N–H and O–H groups in total. The molecule has 4 nitrogen and oxygen atoms in total. The van der Waals surface area contributed by atoms with Crippen LogP contribution in [0.1, 0.15) is 123 Å². The van der Waals surface area contributed by atoms with E-state index in [1.165, 1.54) is 0 Å². The number of aromatic hydroxyl groups is 1. The van der Waals surface area contributed by atoms with Crippen LogP contribution < -0.4 is 0 Å². The van der Waals surface area contributed by atoms with E-state index in [1.807, 2.05) is 48.5 Å². The van der Waals surface area contributed by atoms with Crippen molar-refractivity contribution in [3.8, 4) is 67.5 Å². The molecule has 0 unspecified atom stereocenters. The summed E-state index contributed by atoms with van der Waals surface area (Å²) in [5.74, 6) is 0.851. The first kappa shape index (κ1) is 37.9. The molecule has 5 heteroatoms. The van der Waals surface area contributed by atoms with Gasteiger partial charge in [0.05, 0.1) is 22.3 Å². The zero-order valence-electron chi connectivity index (χ0n) is 43.9. The Balaban J connectivity index is 0.00000703. The van der Waals surface area contributed by atoms with Crippen molar-refractivity contribution in [3.63, 3.8) is 0 Å². The first-order valence-corrected chi connectivity index (χ1v) is 21.6. The van der Waals surface area contributed by atoms with E-state index in [4.69, 9.17) is 18.2 Å². The summed E-state index contributed by atoms with van der Waals surface area (Å²) in [6.45, 7) is 16.9. The van der Waals surface area contributed by atoms with Crippen LogP contribution in [0.25, 0.3) is 72.7 Å². The topological polar surface area (TPSA) is 50.9 Å². The fourth-order valence-corrected chi connectivity index (χ4v) is 8.18. The maximum Gasteiger partial charge on any atom is 0.148 e. The minimum Gasteiger partial charge on any atom is -0.507 e. The fourth-order valence-electron chi connectivity index (χ4n) is 8.18. The summed E-state index contributed by atoms with van der Waals surface area (Å²) in [5.41, 5.74) is 13.5. The van der Waals surface area contributed by atoms with Crippen LogP contribution in [0.15, 0.2) is 128 Å². The van der Waals surface area contributed by atoms with Gasteiger partial charge in [-0.2, -0.15) is 0 Å². The van der Waals surface area contributed by atoms with Gasteiger partial charge in [0.1, 0.15) is 11.6 Å². The molecule has 0 radical (unpaired) electrons. The van der Waals surface area contributed by atoms with Crippen molar-refractivity contribution in [1.29, 1.82) is 0 Å². The van der Waals surface area contributed by atoms with E-state index in [-0.39, 0.29) is 60.6 Å². The number of imidazole rings is 1. The summed E-state index contributed by atoms with van der Waals surface area (Å²) in [6.07, 6.45) is 1.77. The number of fused-ring (bicyclic) bond motifs is 1. The predicted octanol–water partition coefficient (Wildman–Crippen LogP) is 15.7. The Morgan fingerprint density at radius 1 is 0.619 bits per heavy atom. The van der Waals surface area contributed by atoms with Gasteiger partial charge in [0, 0.05) is 46.7 Å². The standard InChI is InChI=1S/C58H60N3O.Pt/c1-35(2)42-32-48(36(3)4)55(62)50(33-42)56-60-54-47(14-13-15-53(54)61(56)52-25-18-38(6)28-49(52)40-21-23-45(24-22-40)57(7,8)9)43-29-44(31-46(30-43)58(10,11)12)51-34-41(26-27-59-51)39-19-16-37(5)17-20-39;/h13-28,30-36,62H,1-12H3;/q-1;/i5D3,6D3;. The molecule has 63 heavy (non-hydrogen) atoms. The van der Waals surface area contributed by atoms with Crippen molar-refractivity contribution >= 4 is 11.0 Å². The number of para-hydroxylation sites is 1. The Bertz CT molecular complexity index is 3170. The Morgan fingerprint density at radius 3 is 1.94 bits per heavy atom. The van der Waals surface area contributed by atoms with E-state index < -0.39 is 13.7 Å². The molecule has 0 aliphatic rings. The number of aryl methyl sites for hydroxylation is 2. The largest absolute Gasteiger partial charge is 0.507 e. The third-order valence-electron chi connectivity index (χ3n) is 12.0. The van der Waals surface area contributed by atoms with Crippen LogP contribution in [0.2, 0.25) is 0 Å². The van der Waals surface area contributed by atoms with Gasteiger partial charge in [-0.15, -0.1) is 29.3 Å². The number of nitrogens with zero attached hydrogens (tertiary/aromatic N) is 3. The van der Waals surface area contributed by atoms with Gasteiger partial charge in [0.2, 0.25) is 0 Å². The first-order chi connectivity index (χ1) is 31.8. The summed E-state index contributed by atoms with van der Waals surface area (Å²) in [7, 11) is 0. The second kappa shape index (κ2) is 17.5. The number of pyridine rings is 1. The van der Waals surface area contributed by atoms with Crippen molar-refractivity contribution in [2.45, 2.75) is 106 Å². The van der Waals surface area contributed by atoms with Crippen LogP contribution >= 0.6 is 0 Å². The van der Waals surface area contributed by atoms with Crippen molar-refractivity contribution < 1.29 is 34.4 Å². The van der Waals surface area contributed by atoms with E-state index in [2.05, 4.69) is 128 Å². The van der Waals surface area contributed by atoms with E-state index >= 15 is 0 Å². The summed E-state index contributed by atoms with van der Waals surface area (Å²) in [5, 5.41) is 12.3. The maximum absolute atomic E-state index is 12.3. The molecule has 0 bridgehead atoms. The average Bonchev–Trinajstić information content (AvgIpc) is 3.67. The van der Waals surface area contributed by atoms with Crippen LogP contribution in [0.3, 0.4) is 0 Å². The summed E-state index contributed by atoms with van der Waals surface area (Å²) >= 11 is 0. The molecule has 0 spiro atoms. The van der Waals surface area contributed by atoms with Crippen molar-refractivity contribution in [2.24, 2.45) is 0 Å². The third-order valence-corrected chi connectivity index (χ3v) is 12.0. The molecule has 6 aromatic carbocycles. The smallest absolute Gasteiger partial charge is 0.148 e. The minimum absolute atomic E-state index is 0. The van der Waals surface area contributed by atoms with Gasteiger partial charge in [-0.25, -0.2) is 4.98 Å². The van der Waals surface area contributed by atoms with Crippen molar-refractivity contribution in [3.05, 3.63) is 167 Å². The zero-order valence-corrected chi connectivity index (χ0v) is 40.2. The summed E-state index contributed by atoms with van der Waals surface area (Å²) < 4.78 is 51.0. The molecule has 8 aromatic rings. The summed E-state index contributed by atoms with van der Waals surface area (Å²) in [6, 6.07) is 42.8. The Morgan fingerprint density at radius 2 is 1.29 bits per heavy atom. The number of aromatic nitrogens is 3. The molecule has 0 atom stereocenters. The van der Waals surface area contributed by atoms with E-state index in [0.29, 0.717) is 22.6 Å². The van der Waals surface area contributed by atoms with Gasteiger partial charge in [-0.05, 0) is 100 Å². The zero-order chi connectivity index (χ0) is 49.2. The van der Waals surface area contributed by atoms with Gasteiger partial charge in [0.25, 0.3) is 0 Å². The Hall–Kier alpha value is -5.57. The molecule has 0 saturated carbocycles. The van der Waals surface area contributed by atoms with Crippen LogP contribution in [0.4, 0.5) is 0 Å². The summed E-state index contributed by atoms with van der Waals surface area (Å²) in [4.78, 5) is 10.4. The third kappa shape index (κ3) is 9.11. The molecule has 8 rings (SSSR count). The van der Waals surface area contributed by atoms with Crippen molar-refractivity contribution in [2.75, 3.05) is 0 Å². The molecule has 0 amide bonds. The van der Waals surface area contributed by atoms with E-state index in [1.54, 1.807) is 30.5 Å². The number of hydrogen-bond donors (Lipinski definition) is 1. The fraction of sp³-hybridized carbons (Fsp3) is 0.276. The molecular formula is C58H60N3OPt-. The molecule has 324 valence electrons. The molecule has 2 aromatic heterocycles. The molecule has 0 fully saturated rings. The average molecular weight is 1020 g/mol. The van der Waals surface area contributed by atoms with Crippen LogP contribution in [-0.4, -0.2) is 19.6 Å². The minimum atomic E-state index is -2.36. The Kier molecular flexibility index (Phi) is 10.6. The predicted molar refractivity (Wildman–Crippen MR) is 262 cm³/mol. The monoisotopic (exact) mass is 1020 g/mol. The SMILES string of the molecule is [2H]C([2H])([2H])c1ccc(-c2ccnc(-c3[c-]c(-c4cccc5c4nc(-c4cc(C(C)C)cc(C(C)C)c4O)n5-c4ccc(C([2H])([2H])[2H])cc4-c4ccc(C(C)(C)C)cc4)cc(C(C)(C)C)c3)c2)cc1.[Pt]. The van der Waals surface area contributed by atoms with Crippen LogP contribution in [0.5, 0.6) is 5.75 Å². The van der Waals surface area contributed by atoms with E-state index in [0.717, 1.165) is 72.4 Å². The Labute approximate surface area is 398 Å². The second-order valence-corrected chi connectivity index (χ2v) is 19.3. The van der Waals surface area contributed by atoms with Gasteiger partial charge in [-0.1, -0.05) is 170 Å². The van der Waals surface area contributed by atoms with Gasteiger partial charge >= 0.3 is 0 Å². The number of hydrogen-bond acceptors (Lipinski definition) is 3. The molecule has 0 saturated heterocycles. The maximum atomic E-state index is 12.3. The first-order valence-electron chi connectivity index (χ1n) is 24.6. The quantitative estimate of drug-likeness (QED) is 0.154. The van der Waals surface area contributed by atoms with Crippen LogP contribution in [-0.2, 0) is 31.9 Å². The molecule has 2 heterocycles. The number of benzene rings is 6. The van der Waals surface area contributed by atoms with E-state index in [9.17, 15) is 5.11 Å². The van der Waals surface area contributed by atoms with Gasteiger partial charge in [-0.3, -0.25) is 9.55 Å². The van der Waals surface area contributed by atoms with Gasteiger partial charge < -0.3 is 5.11 Å². The second-order valence-electron chi connectivity index (χ2n) is 19.3. The number of rotatable bonds is 8. The number of phenols is 1. The molecule has 0 aliphatic heterocycles. The molecule has 0 aliphatic carbocycles. The normalized spacial score (nSPS) is 13.8. The van der Waals surface area contributed by atoms with Gasteiger partial charge in [0.15, 0.2) is 0 Å². The molecular weight excluding hydrogens is 950 g/mol.